The summed E-state index contributed by atoms with van der Waals surface area (Å²) < 4.78 is 6.06. The Hall–Kier alpha value is -0.780. The van der Waals surface area contributed by atoms with Gasteiger partial charge in [-0.2, -0.15) is 0 Å². The minimum absolute atomic E-state index is 0.261. The van der Waals surface area contributed by atoms with Crippen molar-refractivity contribution in [2.75, 3.05) is 25.6 Å². The topological polar surface area (TPSA) is 61.7 Å². The summed E-state index contributed by atoms with van der Waals surface area (Å²) in [4.78, 5) is 0. The molecule has 4 nitrogen and oxygen atoms in total. The van der Waals surface area contributed by atoms with E-state index in [9.17, 15) is 5.11 Å². The molecule has 0 aliphatic rings. The molecule has 1 rings (SSSR count). The number of nitrogens with one attached hydrogen (secondary N) is 1. The van der Waals surface area contributed by atoms with Crippen molar-refractivity contribution in [2.24, 2.45) is 0 Å². The zero-order valence-electron chi connectivity index (χ0n) is 8.40. The van der Waals surface area contributed by atoms with Crippen LogP contribution in [0.15, 0.2) is 22.7 Å². The van der Waals surface area contributed by atoms with E-state index in [2.05, 4.69) is 21.2 Å². The van der Waals surface area contributed by atoms with Crippen molar-refractivity contribution >= 4 is 21.6 Å². The van der Waals surface area contributed by atoms with Crippen LogP contribution in [0.3, 0.4) is 0 Å². The highest BCUT2D eigenvalue weighted by molar-refractivity contribution is 9.10. The van der Waals surface area contributed by atoms with Gasteiger partial charge in [-0.3, -0.25) is 0 Å². The first-order valence-corrected chi connectivity index (χ1v) is 5.33. The minimum Gasteiger partial charge on any atom is -0.495 e. The maximum atomic E-state index is 9.19. The fourth-order valence-electron chi connectivity index (χ4n) is 1.11. The van der Waals surface area contributed by atoms with Gasteiger partial charge in [0.15, 0.2) is 0 Å². The van der Waals surface area contributed by atoms with Gasteiger partial charge in [0.25, 0.3) is 0 Å². The predicted octanol–water partition coefficient (Wildman–Crippen LogP) is 1.22. The third-order valence-corrected chi connectivity index (χ3v) is 2.39. The molecule has 84 valence electrons. The summed E-state index contributed by atoms with van der Waals surface area (Å²) in [6.07, 6.45) is -0.770. The van der Waals surface area contributed by atoms with E-state index in [0.29, 0.717) is 5.75 Å². The molecule has 0 aliphatic heterocycles. The van der Waals surface area contributed by atoms with Gasteiger partial charge in [-0.25, -0.2) is 0 Å². The van der Waals surface area contributed by atoms with E-state index in [1.54, 1.807) is 7.11 Å². The summed E-state index contributed by atoms with van der Waals surface area (Å²) >= 11 is 3.34. The van der Waals surface area contributed by atoms with Crippen molar-refractivity contribution in [3.05, 3.63) is 22.7 Å². The maximum Gasteiger partial charge on any atom is 0.142 e. The number of ether oxygens (including phenoxy) is 1. The molecule has 0 aromatic heterocycles. The number of rotatable bonds is 5. The lowest BCUT2D eigenvalue weighted by Gasteiger charge is -2.13. The van der Waals surface area contributed by atoms with Crippen LogP contribution in [-0.2, 0) is 0 Å². The molecule has 0 bridgehead atoms. The fraction of sp³-hybridized carbons (Fsp3) is 0.400. The monoisotopic (exact) mass is 275 g/mol. The normalized spacial score (nSPS) is 12.3. The number of halogens is 1. The van der Waals surface area contributed by atoms with Gasteiger partial charge in [0.2, 0.25) is 0 Å². The molecule has 0 fully saturated rings. The summed E-state index contributed by atoms with van der Waals surface area (Å²) in [6.45, 7) is 0.0205. The van der Waals surface area contributed by atoms with Crippen LogP contribution in [0, 0.1) is 0 Å². The number of hydrogen-bond donors (Lipinski definition) is 3. The molecule has 0 radical (unpaired) electrons. The van der Waals surface area contributed by atoms with E-state index < -0.39 is 6.10 Å². The van der Waals surface area contributed by atoms with Crippen LogP contribution in [-0.4, -0.2) is 36.6 Å². The van der Waals surface area contributed by atoms with Gasteiger partial charge in [0.1, 0.15) is 5.75 Å². The van der Waals surface area contributed by atoms with E-state index in [4.69, 9.17) is 9.84 Å². The van der Waals surface area contributed by atoms with E-state index in [1.807, 2.05) is 18.2 Å². The Morgan fingerprint density at radius 2 is 2.27 bits per heavy atom. The van der Waals surface area contributed by atoms with Crippen LogP contribution in [0.4, 0.5) is 5.69 Å². The van der Waals surface area contributed by atoms with E-state index in [1.165, 1.54) is 0 Å². The summed E-state index contributed by atoms with van der Waals surface area (Å²) in [5, 5.41) is 20.8. The van der Waals surface area contributed by atoms with E-state index >= 15 is 0 Å². The van der Waals surface area contributed by atoms with Gasteiger partial charge in [0.05, 0.1) is 25.5 Å². The molecule has 0 saturated heterocycles. The number of benzene rings is 1. The van der Waals surface area contributed by atoms with Gasteiger partial charge in [-0.1, -0.05) is 15.9 Å². The number of aliphatic hydroxyl groups is 2. The Balaban J connectivity index is 2.69. The van der Waals surface area contributed by atoms with Crippen LogP contribution in [0.25, 0.3) is 0 Å². The van der Waals surface area contributed by atoms with E-state index in [0.717, 1.165) is 10.2 Å². The first-order valence-electron chi connectivity index (χ1n) is 4.53. The molecule has 3 N–H and O–H groups in total. The number of aliphatic hydroxyl groups excluding tert-OH is 2. The molecule has 0 amide bonds. The smallest absolute Gasteiger partial charge is 0.142 e. The molecule has 0 spiro atoms. The number of hydrogen-bond acceptors (Lipinski definition) is 4. The van der Waals surface area contributed by atoms with E-state index in [-0.39, 0.29) is 13.2 Å². The molecular formula is C10H14BrNO3. The molecule has 5 heteroatoms. The zero-order valence-corrected chi connectivity index (χ0v) is 9.99. The average molecular weight is 276 g/mol. The summed E-state index contributed by atoms with van der Waals surface area (Å²) in [7, 11) is 1.58. The standard InChI is InChI=1S/C10H14BrNO3/c1-15-10-3-2-7(11)4-9(10)12-5-8(14)6-13/h2-4,8,12-14H,5-6H2,1H3. The Morgan fingerprint density at radius 1 is 1.53 bits per heavy atom. The predicted molar refractivity (Wildman–Crippen MR) is 62.3 cm³/mol. The molecule has 1 atom stereocenters. The second kappa shape index (κ2) is 5.95. The van der Waals surface area contributed by atoms with Crippen LogP contribution < -0.4 is 10.1 Å². The van der Waals surface area contributed by atoms with Gasteiger partial charge in [0, 0.05) is 11.0 Å². The first kappa shape index (κ1) is 12.3. The van der Waals surface area contributed by atoms with Crippen molar-refractivity contribution in [3.8, 4) is 5.75 Å². The third kappa shape index (κ3) is 3.70. The van der Waals surface area contributed by atoms with Gasteiger partial charge >= 0.3 is 0 Å². The molecule has 1 aromatic carbocycles. The maximum absolute atomic E-state index is 9.19. The second-order valence-corrected chi connectivity index (χ2v) is 3.98. The highest BCUT2D eigenvalue weighted by Gasteiger charge is 2.06. The molecule has 0 saturated carbocycles. The Kier molecular flexibility index (Phi) is 4.87. The molecule has 15 heavy (non-hydrogen) atoms. The van der Waals surface area contributed by atoms with Crippen LogP contribution >= 0.6 is 15.9 Å². The van der Waals surface area contributed by atoms with Crippen molar-refractivity contribution in [3.63, 3.8) is 0 Å². The largest absolute Gasteiger partial charge is 0.495 e. The fourth-order valence-corrected chi connectivity index (χ4v) is 1.47. The lowest BCUT2D eigenvalue weighted by molar-refractivity contribution is 0.105. The Morgan fingerprint density at radius 3 is 2.87 bits per heavy atom. The van der Waals surface area contributed by atoms with Crippen LogP contribution in [0.2, 0.25) is 0 Å². The minimum atomic E-state index is -0.770. The van der Waals surface area contributed by atoms with Crippen molar-refractivity contribution < 1.29 is 14.9 Å². The molecular weight excluding hydrogens is 262 g/mol. The Labute approximate surface area is 97.0 Å². The molecule has 1 aromatic rings. The number of methoxy groups -OCH3 is 1. The van der Waals surface area contributed by atoms with Gasteiger partial charge in [-0.15, -0.1) is 0 Å². The summed E-state index contributed by atoms with van der Waals surface area (Å²) in [5.41, 5.74) is 0.777. The highest BCUT2D eigenvalue weighted by atomic mass is 79.9. The van der Waals surface area contributed by atoms with Gasteiger partial charge in [-0.05, 0) is 18.2 Å². The Bertz CT molecular complexity index is 320. The molecule has 1 unspecified atom stereocenters. The lowest BCUT2D eigenvalue weighted by Crippen LogP contribution is -2.23. The number of anilines is 1. The lowest BCUT2D eigenvalue weighted by atomic mass is 10.2. The first-order chi connectivity index (χ1) is 7.17. The zero-order chi connectivity index (χ0) is 11.3. The summed E-state index contributed by atoms with van der Waals surface area (Å²) in [6, 6.07) is 5.53. The van der Waals surface area contributed by atoms with Crippen molar-refractivity contribution in [2.45, 2.75) is 6.10 Å². The van der Waals surface area contributed by atoms with Crippen molar-refractivity contribution in [1.82, 2.24) is 0 Å². The highest BCUT2D eigenvalue weighted by Crippen LogP contribution is 2.27. The van der Waals surface area contributed by atoms with Gasteiger partial charge < -0.3 is 20.3 Å². The van der Waals surface area contributed by atoms with Crippen LogP contribution in [0.5, 0.6) is 5.75 Å². The van der Waals surface area contributed by atoms with Crippen molar-refractivity contribution in [1.29, 1.82) is 0 Å². The summed E-state index contributed by atoms with van der Waals surface area (Å²) in [5.74, 6) is 0.698. The van der Waals surface area contributed by atoms with Crippen LogP contribution in [0.1, 0.15) is 0 Å². The average Bonchev–Trinajstić information content (AvgIpc) is 2.26. The third-order valence-electron chi connectivity index (χ3n) is 1.90. The quantitative estimate of drug-likeness (QED) is 0.756. The SMILES string of the molecule is COc1ccc(Br)cc1NCC(O)CO. The second-order valence-electron chi connectivity index (χ2n) is 3.06. The molecule has 0 heterocycles. The molecule has 0 aliphatic carbocycles.